The van der Waals surface area contributed by atoms with Gasteiger partial charge in [0.25, 0.3) is 0 Å². The second kappa shape index (κ2) is 12.8. The highest BCUT2D eigenvalue weighted by atomic mass is 32.1. The van der Waals surface area contributed by atoms with Crippen LogP contribution in [0, 0.1) is 0 Å². The molecule has 0 aliphatic heterocycles. The predicted molar refractivity (Wildman–Crippen MR) is 102 cm³/mol. The Kier molecular flexibility index (Phi) is 11.6. The number of hydrogen-bond donors (Lipinski definition) is 8. The molecule has 0 saturated heterocycles. The standard InChI is InChI=1S/C14H27N7O5S/c1-7(13(25)26)20-12(24)9(3-2-4-18-14(16)17)21-10(22)5-19-11(23)8(15)6-27/h7-9,27H,2-6,15H2,1H3,(H,19,23)(H,20,24)(H,21,22)(H,25,26)(H4,16,17,18). The Morgan fingerprint density at radius 2 is 1.78 bits per heavy atom. The summed E-state index contributed by atoms with van der Waals surface area (Å²) in [5.74, 6) is -3.10. The zero-order chi connectivity index (χ0) is 21.0. The molecule has 0 fully saturated rings. The second-order valence-electron chi connectivity index (χ2n) is 5.64. The summed E-state index contributed by atoms with van der Waals surface area (Å²) in [4.78, 5) is 50.4. The largest absolute Gasteiger partial charge is 0.480 e. The van der Waals surface area contributed by atoms with Gasteiger partial charge in [0.05, 0.1) is 12.6 Å². The number of thiol groups is 1. The van der Waals surface area contributed by atoms with Crippen LogP contribution in [0.15, 0.2) is 4.99 Å². The third-order valence-electron chi connectivity index (χ3n) is 3.28. The maximum absolute atomic E-state index is 12.2. The number of carbonyl (C=O) groups excluding carboxylic acids is 3. The first-order valence-corrected chi connectivity index (χ1v) is 8.73. The molecule has 3 atom stereocenters. The van der Waals surface area contributed by atoms with E-state index in [4.69, 9.17) is 22.3 Å². The van der Waals surface area contributed by atoms with Gasteiger partial charge in [-0.25, -0.2) is 0 Å². The van der Waals surface area contributed by atoms with E-state index in [1.165, 1.54) is 6.92 Å². The van der Waals surface area contributed by atoms with E-state index in [1.807, 2.05) is 0 Å². The van der Waals surface area contributed by atoms with Crippen molar-refractivity contribution in [2.24, 2.45) is 22.2 Å². The van der Waals surface area contributed by atoms with Crippen LogP contribution in [-0.4, -0.2) is 71.7 Å². The minimum atomic E-state index is -1.22. The fourth-order valence-electron chi connectivity index (χ4n) is 1.77. The molecule has 0 heterocycles. The van der Waals surface area contributed by atoms with E-state index in [0.717, 1.165) is 0 Å². The van der Waals surface area contributed by atoms with Crippen LogP contribution in [0.25, 0.3) is 0 Å². The first kappa shape index (κ1) is 24.5. The number of nitrogens with zero attached hydrogens (tertiary/aromatic N) is 1. The van der Waals surface area contributed by atoms with Gasteiger partial charge in [0.2, 0.25) is 17.7 Å². The van der Waals surface area contributed by atoms with E-state index in [0.29, 0.717) is 6.42 Å². The zero-order valence-electron chi connectivity index (χ0n) is 15.0. The van der Waals surface area contributed by atoms with Crippen LogP contribution in [0.4, 0.5) is 0 Å². The van der Waals surface area contributed by atoms with Crippen LogP contribution in [0.1, 0.15) is 19.8 Å². The molecule has 0 bridgehead atoms. The number of nitrogens with two attached hydrogens (primary N) is 3. The molecule has 27 heavy (non-hydrogen) atoms. The maximum Gasteiger partial charge on any atom is 0.325 e. The van der Waals surface area contributed by atoms with Gasteiger partial charge in [-0.05, 0) is 19.8 Å². The van der Waals surface area contributed by atoms with Gasteiger partial charge in [-0.2, -0.15) is 12.6 Å². The van der Waals surface area contributed by atoms with Crippen molar-refractivity contribution in [1.82, 2.24) is 16.0 Å². The minimum absolute atomic E-state index is 0.107. The van der Waals surface area contributed by atoms with Crippen LogP contribution in [0.5, 0.6) is 0 Å². The SMILES string of the molecule is CC(NC(=O)C(CCCN=C(N)N)NC(=O)CNC(=O)C(N)CS)C(=O)O. The lowest BCUT2D eigenvalue weighted by molar-refractivity contribution is -0.141. The number of hydrogen-bond acceptors (Lipinski definition) is 7. The number of carboxylic acid groups (broad SMARTS) is 1. The first-order valence-electron chi connectivity index (χ1n) is 8.10. The van der Waals surface area contributed by atoms with Crippen molar-refractivity contribution < 1.29 is 24.3 Å². The van der Waals surface area contributed by atoms with Gasteiger partial charge in [0.1, 0.15) is 12.1 Å². The normalized spacial score (nSPS) is 13.6. The summed E-state index contributed by atoms with van der Waals surface area (Å²) >= 11 is 3.88. The Bertz CT molecular complexity index is 568. The molecule has 0 aliphatic carbocycles. The van der Waals surface area contributed by atoms with Gasteiger partial charge in [0, 0.05) is 12.3 Å². The van der Waals surface area contributed by atoms with E-state index in [1.54, 1.807) is 0 Å². The second-order valence-corrected chi connectivity index (χ2v) is 6.01. The molecule has 12 nitrogen and oxygen atoms in total. The lowest BCUT2D eigenvalue weighted by Gasteiger charge is -2.20. The molecular formula is C14H27N7O5S. The highest BCUT2D eigenvalue weighted by Gasteiger charge is 2.24. The summed E-state index contributed by atoms with van der Waals surface area (Å²) in [6.45, 7) is 1.12. The third-order valence-corrected chi connectivity index (χ3v) is 3.68. The molecule has 0 saturated carbocycles. The van der Waals surface area contributed by atoms with Crippen molar-refractivity contribution in [1.29, 1.82) is 0 Å². The van der Waals surface area contributed by atoms with Gasteiger partial charge in [-0.15, -0.1) is 0 Å². The number of carboxylic acids is 1. The molecule has 0 aliphatic rings. The molecule has 0 aromatic rings. The molecule has 13 heteroatoms. The molecule has 0 radical (unpaired) electrons. The average Bonchev–Trinajstić information content (AvgIpc) is 2.60. The summed E-state index contributed by atoms with van der Waals surface area (Å²) in [6.07, 6.45) is 0.513. The van der Waals surface area contributed by atoms with Gasteiger partial charge in [-0.1, -0.05) is 0 Å². The van der Waals surface area contributed by atoms with E-state index in [9.17, 15) is 19.2 Å². The number of guanidine groups is 1. The number of rotatable bonds is 12. The van der Waals surface area contributed by atoms with Crippen molar-refractivity contribution in [3.63, 3.8) is 0 Å². The fraction of sp³-hybridized carbons (Fsp3) is 0.643. The van der Waals surface area contributed by atoms with Crippen molar-refractivity contribution in [3.05, 3.63) is 0 Å². The zero-order valence-corrected chi connectivity index (χ0v) is 15.9. The van der Waals surface area contributed by atoms with Gasteiger partial charge in [0.15, 0.2) is 5.96 Å². The fourth-order valence-corrected chi connectivity index (χ4v) is 1.94. The number of nitrogens with one attached hydrogen (secondary N) is 3. The maximum atomic E-state index is 12.2. The Morgan fingerprint density at radius 3 is 2.30 bits per heavy atom. The van der Waals surface area contributed by atoms with E-state index >= 15 is 0 Å². The van der Waals surface area contributed by atoms with Crippen molar-refractivity contribution in [3.8, 4) is 0 Å². The predicted octanol–water partition coefficient (Wildman–Crippen LogP) is -3.51. The molecule has 3 amide bonds. The number of aliphatic carboxylic acids is 1. The van der Waals surface area contributed by atoms with E-state index in [-0.39, 0.29) is 24.7 Å². The number of amides is 3. The number of aliphatic imine (C=N–C) groups is 1. The average molecular weight is 405 g/mol. The summed E-state index contributed by atoms with van der Waals surface area (Å²) in [6, 6.07) is -3.03. The van der Waals surface area contributed by atoms with Crippen LogP contribution < -0.4 is 33.2 Å². The topological polar surface area (TPSA) is 215 Å². The van der Waals surface area contributed by atoms with Crippen LogP contribution in [0.2, 0.25) is 0 Å². The highest BCUT2D eigenvalue weighted by Crippen LogP contribution is 2.00. The Morgan fingerprint density at radius 1 is 1.15 bits per heavy atom. The number of carbonyl (C=O) groups is 4. The lowest BCUT2D eigenvalue weighted by Crippen LogP contribution is -2.53. The van der Waals surface area contributed by atoms with Crippen LogP contribution in [0.3, 0.4) is 0 Å². The Labute approximate surface area is 162 Å². The van der Waals surface area contributed by atoms with E-state index < -0.39 is 48.4 Å². The van der Waals surface area contributed by atoms with Gasteiger partial charge >= 0.3 is 5.97 Å². The molecule has 154 valence electrons. The van der Waals surface area contributed by atoms with Crippen molar-refractivity contribution in [2.75, 3.05) is 18.8 Å². The first-order chi connectivity index (χ1) is 12.6. The molecule has 0 rings (SSSR count). The Hall–Kier alpha value is -2.54. The smallest absolute Gasteiger partial charge is 0.325 e. The molecule has 0 aromatic heterocycles. The quantitative estimate of drug-likeness (QED) is 0.0703. The summed E-state index contributed by atoms with van der Waals surface area (Å²) in [5, 5.41) is 15.9. The summed E-state index contributed by atoms with van der Waals surface area (Å²) in [7, 11) is 0. The van der Waals surface area contributed by atoms with Crippen molar-refractivity contribution in [2.45, 2.75) is 37.9 Å². The molecular weight excluding hydrogens is 378 g/mol. The highest BCUT2D eigenvalue weighted by molar-refractivity contribution is 7.80. The van der Waals surface area contributed by atoms with Crippen molar-refractivity contribution >= 4 is 42.3 Å². The summed E-state index contributed by atoms with van der Waals surface area (Å²) in [5.41, 5.74) is 15.9. The lowest BCUT2D eigenvalue weighted by atomic mass is 10.1. The molecule has 0 aromatic carbocycles. The Balaban J connectivity index is 4.78. The molecule has 0 spiro atoms. The molecule has 10 N–H and O–H groups in total. The monoisotopic (exact) mass is 405 g/mol. The molecule has 3 unspecified atom stereocenters. The summed E-state index contributed by atoms with van der Waals surface area (Å²) < 4.78 is 0. The third kappa shape index (κ3) is 10.9. The van der Waals surface area contributed by atoms with Gasteiger partial charge in [-0.3, -0.25) is 24.2 Å². The van der Waals surface area contributed by atoms with E-state index in [2.05, 4.69) is 33.6 Å². The minimum Gasteiger partial charge on any atom is -0.480 e. The van der Waals surface area contributed by atoms with Gasteiger partial charge < -0.3 is 38.3 Å². The van der Waals surface area contributed by atoms with Crippen LogP contribution >= 0.6 is 12.6 Å². The van der Waals surface area contributed by atoms with Crippen LogP contribution in [-0.2, 0) is 19.2 Å².